The van der Waals surface area contributed by atoms with Gasteiger partial charge in [0.05, 0.1) is 25.3 Å². The first-order valence-corrected chi connectivity index (χ1v) is 23.3. The minimum absolute atomic E-state index is 0.0671. The van der Waals surface area contributed by atoms with E-state index in [0.29, 0.717) is 11.5 Å². The number of ether oxygens (including phenoxy) is 2. The molecule has 0 aliphatic carbocycles. The van der Waals surface area contributed by atoms with Crippen LogP contribution in [-0.4, -0.2) is 65.3 Å². The molecule has 14 heteroatoms. The highest BCUT2D eigenvalue weighted by Crippen LogP contribution is 2.47. The second kappa shape index (κ2) is 17.7. The molecule has 0 saturated heterocycles. The standard InChI is InChI=1S/C39H56ClFN2O8Si2/c1-14-19-48-38(46)43(50-37(40)45)33-22-35(51-53(25(2)3,26(4)5)27(6)7)34(47-11)21-32(33)36(44)42-23-29(28-15-17-30(41)18-16-28)20-31(42)24-49-52(12,13)39(8,9)10/h14-18,21-23,25-27,31H,1,19-20,24H2,2-13H3. The van der Waals surface area contributed by atoms with Gasteiger partial charge in [0.2, 0.25) is 0 Å². The van der Waals surface area contributed by atoms with Gasteiger partial charge in [-0.15, -0.1) is 5.06 Å². The second-order valence-corrected chi connectivity index (χ2v) is 26.2. The van der Waals surface area contributed by atoms with E-state index < -0.39 is 40.1 Å². The summed E-state index contributed by atoms with van der Waals surface area (Å²) in [7, 11) is -3.44. The Morgan fingerprint density at radius 3 is 2.09 bits per heavy atom. The number of rotatable bonds is 14. The summed E-state index contributed by atoms with van der Waals surface area (Å²) in [6, 6.07) is 8.50. The molecule has 1 unspecified atom stereocenters. The number of halogens is 2. The van der Waals surface area contributed by atoms with E-state index in [9.17, 15) is 18.8 Å². The summed E-state index contributed by atoms with van der Waals surface area (Å²) in [4.78, 5) is 47.5. The van der Waals surface area contributed by atoms with Crippen LogP contribution in [-0.2, 0) is 14.0 Å². The van der Waals surface area contributed by atoms with Gasteiger partial charge in [-0.3, -0.25) is 4.79 Å². The number of methoxy groups -OCH3 is 1. The van der Waals surface area contributed by atoms with Crippen LogP contribution in [0.2, 0.25) is 34.8 Å². The van der Waals surface area contributed by atoms with Crippen molar-refractivity contribution in [2.24, 2.45) is 0 Å². The highest BCUT2D eigenvalue weighted by atomic mass is 35.5. The third-order valence-electron chi connectivity index (χ3n) is 10.4. The van der Waals surface area contributed by atoms with Gasteiger partial charge in [-0.1, -0.05) is 87.1 Å². The summed E-state index contributed by atoms with van der Waals surface area (Å²) in [6.45, 7) is 27.0. The van der Waals surface area contributed by atoms with Gasteiger partial charge in [-0.25, -0.2) is 14.0 Å². The van der Waals surface area contributed by atoms with Crippen LogP contribution in [0, 0.1) is 5.82 Å². The fraction of sp³-hybridized carbons (Fsp3) is 0.513. The minimum Gasteiger partial charge on any atom is -0.540 e. The van der Waals surface area contributed by atoms with Gasteiger partial charge in [0.1, 0.15) is 23.9 Å². The Bertz CT molecular complexity index is 1650. The molecular weight excluding hydrogens is 735 g/mol. The van der Waals surface area contributed by atoms with Crippen molar-refractivity contribution in [3.05, 3.63) is 72.2 Å². The van der Waals surface area contributed by atoms with Crippen molar-refractivity contribution >= 4 is 56.9 Å². The molecule has 2 aromatic rings. The van der Waals surface area contributed by atoms with Crippen LogP contribution in [0.15, 0.2) is 55.3 Å². The van der Waals surface area contributed by atoms with Gasteiger partial charge in [0, 0.05) is 23.9 Å². The molecule has 53 heavy (non-hydrogen) atoms. The Balaban J connectivity index is 2.32. The van der Waals surface area contributed by atoms with Crippen LogP contribution in [0.3, 0.4) is 0 Å². The zero-order chi connectivity index (χ0) is 40.1. The molecule has 0 fully saturated rings. The number of carbonyl (C=O) groups excluding carboxylic acids is 3. The van der Waals surface area contributed by atoms with E-state index in [2.05, 4.69) is 82.0 Å². The van der Waals surface area contributed by atoms with E-state index in [4.69, 9.17) is 34.8 Å². The minimum atomic E-state index is -2.64. The molecule has 1 heterocycles. The van der Waals surface area contributed by atoms with Crippen molar-refractivity contribution in [2.45, 2.75) is 110 Å². The molecule has 292 valence electrons. The lowest BCUT2D eigenvalue weighted by Gasteiger charge is -2.42. The monoisotopic (exact) mass is 790 g/mol. The Labute approximate surface area is 321 Å². The number of carbonyl (C=O) groups is 3. The number of anilines is 1. The molecule has 3 rings (SSSR count). The van der Waals surface area contributed by atoms with Crippen LogP contribution >= 0.6 is 11.6 Å². The third kappa shape index (κ3) is 9.91. The summed E-state index contributed by atoms with van der Waals surface area (Å²) < 4.78 is 38.7. The average molecular weight is 792 g/mol. The van der Waals surface area contributed by atoms with E-state index in [0.717, 1.165) is 11.1 Å². The Morgan fingerprint density at radius 1 is 1.02 bits per heavy atom. The number of hydrogen-bond donors (Lipinski definition) is 0. The van der Waals surface area contributed by atoms with E-state index in [1.54, 1.807) is 18.3 Å². The molecular formula is C39H56ClFN2O8Si2. The molecule has 0 radical (unpaired) electrons. The van der Waals surface area contributed by atoms with Gasteiger partial charge in [-0.2, -0.15) is 0 Å². The normalized spacial score (nSPS) is 15.1. The molecule has 1 aliphatic heterocycles. The lowest BCUT2D eigenvalue weighted by molar-refractivity contribution is 0.0735. The summed E-state index contributed by atoms with van der Waals surface area (Å²) in [6.07, 6.45) is 2.34. The zero-order valence-electron chi connectivity index (χ0n) is 33.2. The van der Waals surface area contributed by atoms with Gasteiger partial charge in [0.25, 0.3) is 14.2 Å². The zero-order valence-corrected chi connectivity index (χ0v) is 35.9. The predicted molar refractivity (Wildman–Crippen MR) is 213 cm³/mol. The van der Waals surface area contributed by atoms with Crippen molar-refractivity contribution in [3.8, 4) is 11.5 Å². The summed E-state index contributed by atoms with van der Waals surface area (Å²) >= 11 is 5.71. The number of hydrogen-bond acceptors (Lipinski definition) is 8. The smallest absolute Gasteiger partial charge is 0.448 e. The quantitative estimate of drug-likeness (QED) is 0.0806. The van der Waals surface area contributed by atoms with Gasteiger partial charge < -0.3 is 28.1 Å². The lowest BCUT2D eigenvalue weighted by Crippen LogP contribution is -2.50. The summed E-state index contributed by atoms with van der Waals surface area (Å²) in [5.41, 5.74) is 0.444. The maximum atomic E-state index is 15.0. The maximum Gasteiger partial charge on any atom is 0.448 e. The molecule has 0 saturated carbocycles. The van der Waals surface area contributed by atoms with Crippen molar-refractivity contribution in [2.75, 3.05) is 25.4 Å². The topological polar surface area (TPSA) is 104 Å². The molecule has 0 N–H and O–H groups in total. The van der Waals surface area contributed by atoms with Crippen LogP contribution < -0.4 is 14.2 Å². The number of benzene rings is 2. The maximum absolute atomic E-state index is 15.0. The predicted octanol–water partition coefficient (Wildman–Crippen LogP) is 11.1. The molecule has 2 amide bonds. The summed E-state index contributed by atoms with van der Waals surface area (Å²) in [5, 5.41) is 0.450. The first-order valence-electron chi connectivity index (χ1n) is 17.9. The molecule has 0 spiro atoms. The SMILES string of the molecule is C=CCOC(=O)N(OC(=O)Cl)c1cc(O[Si](C(C)C)(C(C)C)C(C)C)c(OC)cc1C(=O)N1C=C(c2ccc(F)cc2)CC1CO[Si](C)(C)C(C)(C)C. The third-order valence-corrected chi connectivity index (χ3v) is 21.0. The Morgan fingerprint density at radius 2 is 1.60 bits per heavy atom. The molecule has 0 aromatic heterocycles. The van der Waals surface area contributed by atoms with E-state index in [1.165, 1.54) is 42.4 Å². The Kier molecular flexibility index (Phi) is 14.6. The Hall–Kier alpha value is -3.66. The highest BCUT2D eigenvalue weighted by molar-refractivity contribution is 6.78. The number of hydroxylamine groups is 1. The fourth-order valence-electron chi connectivity index (χ4n) is 6.68. The summed E-state index contributed by atoms with van der Waals surface area (Å²) in [5.74, 6) is -0.439. The average Bonchev–Trinajstić information content (AvgIpc) is 3.50. The largest absolute Gasteiger partial charge is 0.540 e. The van der Waals surface area contributed by atoms with E-state index in [1.807, 2.05) is 0 Å². The van der Waals surface area contributed by atoms with Gasteiger partial charge in [0.15, 0.2) is 14.1 Å². The van der Waals surface area contributed by atoms with Crippen LogP contribution in [0.5, 0.6) is 11.5 Å². The van der Waals surface area contributed by atoms with Crippen LogP contribution in [0.1, 0.15) is 84.7 Å². The fourth-order valence-corrected chi connectivity index (χ4v) is 13.0. The van der Waals surface area contributed by atoms with Crippen molar-refractivity contribution < 1.29 is 41.9 Å². The second-order valence-electron chi connectivity index (χ2n) is 15.7. The first-order chi connectivity index (χ1) is 24.6. The van der Waals surface area contributed by atoms with E-state index in [-0.39, 0.29) is 63.4 Å². The number of amides is 2. The van der Waals surface area contributed by atoms with Gasteiger partial charge >= 0.3 is 11.5 Å². The van der Waals surface area contributed by atoms with E-state index >= 15 is 0 Å². The molecule has 1 atom stereocenters. The van der Waals surface area contributed by atoms with Crippen molar-refractivity contribution in [1.29, 1.82) is 0 Å². The van der Waals surface area contributed by atoms with Crippen molar-refractivity contribution in [1.82, 2.24) is 4.90 Å². The highest BCUT2D eigenvalue weighted by Gasteiger charge is 2.48. The lowest BCUT2D eigenvalue weighted by atomic mass is 10.0. The van der Waals surface area contributed by atoms with Crippen molar-refractivity contribution in [3.63, 3.8) is 0 Å². The molecule has 1 aliphatic rings. The molecule has 2 aromatic carbocycles. The number of nitrogens with zero attached hydrogens (tertiary/aromatic N) is 2. The molecule has 0 bridgehead atoms. The molecule has 10 nitrogen and oxygen atoms in total. The van der Waals surface area contributed by atoms with Crippen LogP contribution in [0.25, 0.3) is 5.57 Å². The first kappa shape index (κ1) is 43.7. The van der Waals surface area contributed by atoms with Gasteiger partial charge in [-0.05, 0) is 70.5 Å². The van der Waals surface area contributed by atoms with Crippen LogP contribution in [0.4, 0.5) is 19.7 Å².